The summed E-state index contributed by atoms with van der Waals surface area (Å²) in [5.74, 6) is 0.935. The van der Waals surface area contributed by atoms with E-state index in [2.05, 4.69) is 0 Å². The summed E-state index contributed by atoms with van der Waals surface area (Å²) in [6.45, 7) is 3.50. The molecule has 1 aromatic carbocycles. The molecule has 1 aromatic rings. The fourth-order valence-electron chi connectivity index (χ4n) is 3.09. The van der Waals surface area contributed by atoms with Crippen LogP contribution < -0.4 is 4.90 Å². The molecular weight excluding hydrogens is 270 g/mol. The monoisotopic (exact) mass is 291 g/mol. The SMILES string of the molecule is COC1=C2C[C@H](C(C)(C)O)OC2N(C)c2ccc(O)cc21. The van der Waals surface area contributed by atoms with Crippen molar-refractivity contribution in [3.05, 3.63) is 29.3 Å². The Balaban J connectivity index is 2.11. The van der Waals surface area contributed by atoms with Crippen LogP contribution in [0.2, 0.25) is 0 Å². The van der Waals surface area contributed by atoms with E-state index >= 15 is 0 Å². The quantitative estimate of drug-likeness (QED) is 0.873. The number of nitrogens with zero attached hydrogens (tertiary/aromatic N) is 1. The molecular formula is C16H21NO4. The van der Waals surface area contributed by atoms with Gasteiger partial charge < -0.3 is 24.6 Å². The van der Waals surface area contributed by atoms with Gasteiger partial charge in [-0.2, -0.15) is 0 Å². The van der Waals surface area contributed by atoms with E-state index in [-0.39, 0.29) is 18.1 Å². The molecule has 2 heterocycles. The van der Waals surface area contributed by atoms with E-state index < -0.39 is 5.60 Å². The van der Waals surface area contributed by atoms with E-state index in [1.54, 1.807) is 33.1 Å². The topological polar surface area (TPSA) is 62.2 Å². The molecule has 2 aliphatic heterocycles. The number of aromatic hydroxyl groups is 1. The Hall–Kier alpha value is -1.72. The van der Waals surface area contributed by atoms with Gasteiger partial charge in [0, 0.05) is 30.3 Å². The van der Waals surface area contributed by atoms with E-state index in [4.69, 9.17) is 9.47 Å². The smallest absolute Gasteiger partial charge is 0.156 e. The van der Waals surface area contributed by atoms with Crippen molar-refractivity contribution in [2.24, 2.45) is 0 Å². The molecule has 3 rings (SSSR count). The highest BCUT2D eigenvalue weighted by atomic mass is 16.5. The van der Waals surface area contributed by atoms with Crippen molar-refractivity contribution in [1.29, 1.82) is 0 Å². The van der Waals surface area contributed by atoms with Crippen molar-refractivity contribution >= 4 is 11.4 Å². The Morgan fingerprint density at radius 1 is 1.38 bits per heavy atom. The summed E-state index contributed by atoms with van der Waals surface area (Å²) in [5.41, 5.74) is 1.88. The minimum absolute atomic E-state index is 0.203. The molecule has 2 atom stereocenters. The summed E-state index contributed by atoms with van der Waals surface area (Å²) >= 11 is 0. The minimum Gasteiger partial charge on any atom is -0.508 e. The second-order valence-corrected chi connectivity index (χ2v) is 6.21. The van der Waals surface area contributed by atoms with Gasteiger partial charge in [-0.3, -0.25) is 0 Å². The van der Waals surface area contributed by atoms with Crippen LogP contribution in [0.3, 0.4) is 0 Å². The summed E-state index contributed by atoms with van der Waals surface area (Å²) in [5, 5.41) is 20.0. The van der Waals surface area contributed by atoms with E-state index in [0.717, 1.165) is 22.6 Å². The molecule has 1 saturated heterocycles. The Morgan fingerprint density at radius 3 is 2.71 bits per heavy atom. The first-order valence-electron chi connectivity index (χ1n) is 7.04. The van der Waals surface area contributed by atoms with E-state index in [1.807, 2.05) is 18.0 Å². The molecule has 0 radical (unpaired) electrons. The van der Waals surface area contributed by atoms with Crippen molar-refractivity contribution in [3.63, 3.8) is 0 Å². The molecule has 0 amide bonds. The number of anilines is 1. The Labute approximate surface area is 124 Å². The zero-order chi connectivity index (χ0) is 15.4. The molecule has 2 aliphatic rings. The molecule has 2 N–H and O–H groups in total. The van der Waals surface area contributed by atoms with Crippen LogP contribution in [0.1, 0.15) is 25.8 Å². The van der Waals surface area contributed by atoms with Crippen molar-refractivity contribution in [2.45, 2.75) is 38.2 Å². The molecule has 0 aromatic heterocycles. The van der Waals surface area contributed by atoms with Gasteiger partial charge in [-0.05, 0) is 32.0 Å². The van der Waals surface area contributed by atoms with Crippen LogP contribution in [-0.2, 0) is 9.47 Å². The molecule has 0 spiro atoms. The molecule has 1 unspecified atom stereocenters. The second-order valence-electron chi connectivity index (χ2n) is 6.21. The maximum Gasteiger partial charge on any atom is 0.156 e. The van der Waals surface area contributed by atoms with Gasteiger partial charge >= 0.3 is 0 Å². The molecule has 114 valence electrons. The fraction of sp³-hybridized carbons (Fsp3) is 0.500. The van der Waals surface area contributed by atoms with Gasteiger partial charge in [0.1, 0.15) is 11.5 Å². The third-order valence-electron chi connectivity index (χ3n) is 4.24. The molecule has 0 aliphatic carbocycles. The number of benzene rings is 1. The predicted molar refractivity (Wildman–Crippen MR) is 80.0 cm³/mol. The van der Waals surface area contributed by atoms with Crippen molar-refractivity contribution in [1.82, 2.24) is 0 Å². The van der Waals surface area contributed by atoms with Gasteiger partial charge in [0.05, 0.1) is 18.8 Å². The lowest BCUT2D eigenvalue weighted by molar-refractivity contribution is -0.0807. The van der Waals surface area contributed by atoms with Crippen molar-refractivity contribution in [2.75, 3.05) is 19.1 Å². The average molecular weight is 291 g/mol. The van der Waals surface area contributed by atoms with Crippen LogP contribution in [0.25, 0.3) is 5.76 Å². The first-order chi connectivity index (χ1) is 9.82. The first kappa shape index (κ1) is 14.2. The van der Waals surface area contributed by atoms with Gasteiger partial charge in [0.25, 0.3) is 0 Å². The van der Waals surface area contributed by atoms with Crippen LogP contribution in [-0.4, -0.2) is 42.3 Å². The summed E-state index contributed by atoms with van der Waals surface area (Å²) in [4.78, 5) is 2.01. The van der Waals surface area contributed by atoms with Crippen LogP contribution >= 0.6 is 0 Å². The number of fused-ring (bicyclic) bond motifs is 2. The minimum atomic E-state index is -0.918. The zero-order valence-electron chi connectivity index (χ0n) is 12.8. The average Bonchev–Trinajstić information content (AvgIpc) is 2.84. The number of ether oxygens (including phenoxy) is 2. The lowest BCUT2D eigenvalue weighted by Gasteiger charge is -2.35. The van der Waals surface area contributed by atoms with E-state index in [1.165, 1.54) is 0 Å². The molecule has 1 fully saturated rings. The predicted octanol–water partition coefficient (Wildman–Crippen LogP) is 2.09. The lowest BCUT2D eigenvalue weighted by atomic mass is 9.93. The molecule has 0 bridgehead atoms. The normalized spacial score (nSPS) is 24.9. The Morgan fingerprint density at radius 2 is 2.10 bits per heavy atom. The van der Waals surface area contributed by atoms with Gasteiger partial charge in [-0.25, -0.2) is 0 Å². The highest BCUT2D eigenvalue weighted by Gasteiger charge is 2.45. The van der Waals surface area contributed by atoms with Gasteiger partial charge in [0.15, 0.2) is 6.23 Å². The number of aliphatic hydroxyl groups is 1. The number of hydrogen-bond acceptors (Lipinski definition) is 5. The molecule has 5 nitrogen and oxygen atoms in total. The number of rotatable bonds is 2. The van der Waals surface area contributed by atoms with Gasteiger partial charge in [-0.1, -0.05) is 0 Å². The largest absolute Gasteiger partial charge is 0.508 e. The highest BCUT2D eigenvalue weighted by molar-refractivity contribution is 5.81. The summed E-state index contributed by atoms with van der Waals surface area (Å²) in [6.07, 6.45) is 0.0815. The third kappa shape index (κ3) is 2.17. The number of methoxy groups -OCH3 is 1. The van der Waals surface area contributed by atoms with Gasteiger partial charge in [0.2, 0.25) is 0 Å². The number of hydrogen-bond donors (Lipinski definition) is 2. The van der Waals surface area contributed by atoms with Crippen LogP contribution in [0, 0.1) is 0 Å². The number of phenolic OH excluding ortho intramolecular Hbond substituents is 1. The summed E-state index contributed by atoms with van der Waals surface area (Å²) in [7, 11) is 3.57. The van der Waals surface area contributed by atoms with Crippen LogP contribution in [0.4, 0.5) is 5.69 Å². The molecule has 21 heavy (non-hydrogen) atoms. The maximum absolute atomic E-state index is 10.2. The summed E-state index contributed by atoms with van der Waals surface area (Å²) < 4.78 is 11.6. The first-order valence-corrected chi connectivity index (χ1v) is 7.04. The maximum atomic E-state index is 10.2. The van der Waals surface area contributed by atoms with Crippen LogP contribution in [0.15, 0.2) is 23.8 Å². The number of likely N-dealkylation sites (N-methyl/N-ethyl adjacent to an activating group) is 1. The molecule has 5 heteroatoms. The second kappa shape index (κ2) is 4.64. The zero-order valence-corrected chi connectivity index (χ0v) is 12.8. The van der Waals surface area contributed by atoms with Crippen LogP contribution in [0.5, 0.6) is 5.75 Å². The lowest BCUT2D eigenvalue weighted by Crippen LogP contribution is -2.40. The highest BCUT2D eigenvalue weighted by Crippen LogP contribution is 2.46. The Bertz CT molecular complexity index is 603. The standard InChI is InChI=1S/C16H21NO4/c1-16(2,19)13-8-11-14(20-4)10-7-9(18)5-6-12(10)17(3)15(11)21-13/h5-7,13,15,18-19H,8H2,1-4H3/t13-,15?/m1/s1. The van der Waals surface area contributed by atoms with Gasteiger partial charge in [-0.15, -0.1) is 0 Å². The van der Waals surface area contributed by atoms with E-state index in [9.17, 15) is 10.2 Å². The Kier molecular flexibility index (Phi) is 3.15. The number of phenols is 1. The molecule has 0 saturated carbocycles. The third-order valence-corrected chi connectivity index (χ3v) is 4.24. The fourth-order valence-corrected chi connectivity index (χ4v) is 3.09. The van der Waals surface area contributed by atoms with Crippen molar-refractivity contribution < 1.29 is 19.7 Å². The summed E-state index contributed by atoms with van der Waals surface area (Å²) in [6, 6.07) is 5.20. The van der Waals surface area contributed by atoms with E-state index in [0.29, 0.717) is 6.42 Å². The van der Waals surface area contributed by atoms with Crippen molar-refractivity contribution in [3.8, 4) is 5.75 Å².